The zero-order chi connectivity index (χ0) is 9.14. The van der Waals surface area contributed by atoms with Gasteiger partial charge in [-0.15, -0.1) is 11.3 Å². The number of rotatable bonds is 3. The molecule has 0 saturated carbocycles. The molecule has 0 atom stereocenters. The molecular weight excluding hydrogens is 172 g/mol. The SMILES string of the molecule is CC(=O)c1cnc(CN(C)C)s1. The number of thiazole rings is 1. The highest BCUT2D eigenvalue weighted by molar-refractivity contribution is 7.13. The lowest BCUT2D eigenvalue weighted by atomic mass is 10.4. The number of nitrogens with zero attached hydrogens (tertiary/aromatic N) is 2. The number of Topliss-reactive ketones (excluding diaryl/α,β-unsaturated/α-hetero) is 1. The maximum Gasteiger partial charge on any atom is 0.171 e. The Balaban J connectivity index is 2.71. The van der Waals surface area contributed by atoms with Crippen LogP contribution in [0, 0.1) is 0 Å². The highest BCUT2D eigenvalue weighted by Gasteiger charge is 2.05. The average molecular weight is 184 g/mol. The Kier molecular flexibility index (Phi) is 2.94. The number of hydrogen-bond donors (Lipinski definition) is 0. The fraction of sp³-hybridized carbons (Fsp3) is 0.500. The molecule has 0 saturated heterocycles. The monoisotopic (exact) mass is 184 g/mol. The molecule has 1 rings (SSSR count). The van der Waals surface area contributed by atoms with Crippen LogP contribution in [-0.4, -0.2) is 29.8 Å². The van der Waals surface area contributed by atoms with Gasteiger partial charge in [0.15, 0.2) is 5.78 Å². The van der Waals surface area contributed by atoms with Crippen LogP contribution >= 0.6 is 11.3 Å². The molecule has 66 valence electrons. The summed E-state index contributed by atoms with van der Waals surface area (Å²) in [6.07, 6.45) is 1.64. The van der Waals surface area contributed by atoms with E-state index in [1.54, 1.807) is 13.1 Å². The summed E-state index contributed by atoms with van der Waals surface area (Å²) in [6.45, 7) is 2.37. The van der Waals surface area contributed by atoms with Gasteiger partial charge in [0.2, 0.25) is 0 Å². The maximum absolute atomic E-state index is 10.9. The van der Waals surface area contributed by atoms with E-state index < -0.39 is 0 Å². The summed E-state index contributed by atoms with van der Waals surface area (Å²) in [5.74, 6) is 0.0949. The van der Waals surface area contributed by atoms with Crippen LogP contribution < -0.4 is 0 Å². The van der Waals surface area contributed by atoms with Gasteiger partial charge < -0.3 is 4.90 Å². The van der Waals surface area contributed by atoms with Crippen molar-refractivity contribution >= 4 is 17.1 Å². The first-order valence-corrected chi connectivity index (χ1v) is 4.51. The van der Waals surface area contributed by atoms with Gasteiger partial charge in [-0.2, -0.15) is 0 Å². The van der Waals surface area contributed by atoms with Crippen molar-refractivity contribution in [2.24, 2.45) is 0 Å². The molecule has 0 aromatic carbocycles. The Labute approximate surface area is 76.0 Å². The third kappa shape index (κ3) is 2.39. The van der Waals surface area contributed by atoms with Crippen molar-refractivity contribution in [3.05, 3.63) is 16.1 Å². The summed E-state index contributed by atoms with van der Waals surface area (Å²) in [6, 6.07) is 0. The molecule has 1 aromatic rings. The lowest BCUT2D eigenvalue weighted by Gasteiger charge is -2.04. The quantitative estimate of drug-likeness (QED) is 0.666. The Morgan fingerprint density at radius 1 is 1.67 bits per heavy atom. The second-order valence-corrected chi connectivity index (χ2v) is 4.03. The number of hydrogen-bond acceptors (Lipinski definition) is 4. The second kappa shape index (κ2) is 3.78. The van der Waals surface area contributed by atoms with Crippen molar-refractivity contribution in [3.63, 3.8) is 0 Å². The molecule has 12 heavy (non-hydrogen) atoms. The summed E-state index contributed by atoms with van der Waals surface area (Å²) < 4.78 is 0. The summed E-state index contributed by atoms with van der Waals surface area (Å²) in [5, 5.41) is 0.991. The lowest BCUT2D eigenvalue weighted by Crippen LogP contribution is -2.09. The molecule has 1 aromatic heterocycles. The first-order valence-electron chi connectivity index (χ1n) is 3.70. The Hall–Kier alpha value is -0.740. The molecule has 0 aliphatic heterocycles. The van der Waals surface area contributed by atoms with Crippen molar-refractivity contribution < 1.29 is 4.79 Å². The third-order valence-corrected chi connectivity index (χ3v) is 2.43. The Bertz CT molecular complexity index is 280. The molecule has 0 radical (unpaired) electrons. The van der Waals surface area contributed by atoms with Gasteiger partial charge in [0.25, 0.3) is 0 Å². The predicted octanol–water partition coefficient (Wildman–Crippen LogP) is 1.41. The van der Waals surface area contributed by atoms with Gasteiger partial charge >= 0.3 is 0 Å². The largest absolute Gasteiger partial charge is 0.303 e. The van der Waals surface area contributed by atoms with E-state index in [-0.39, 0.29) is 5.78 Å². The van der Waals surface area contributed by atoms with E-state index >= 15 is 0 Å². The predicted molar refractivity (Wildman–Crippen MR) is 49.5 cm³/mol. The van der Waals surface area contributed by atoms with E-state index in [9.17, 15) is 4.79 Å². The molecule has 0 unspecified atom stereocenters. The number of carbonyl (C=O) groups is 1. The molecule has 0 bridgehead atoms. The van der Waals surface area contributed by atoms with E-state index in [4.69, 9.17) is 0 Å². The second-order valence-electron chi connectivity index (χ2n) is 2.91. The van der Waals surface area contributed by atoms with Crippen LogP contribution in [0.25, 0.3) is 0 Å². The van der Waals surface area contributed by atoms with E-state index in [1.807, 2.05) is 19.0 Å². The highest BCUT2D eigenvalue weighted by atomic mass is 32.1. The molecule has 0 fully saturated rings. The summed E-state index contributed by atoms with van der Waals surface area (Å²) in [5.41, 5.74) is 0. The summed E-state index contributed by atoms with van der Waals surface area (Å²) in [7, 11) is 3.96. The molecule has 0 spiro atoms. The van der Waals surface area contributed by atoms with Crippen molar-refractivity contribution in [1.82, 2.24) is 9.88 Å². The molecule has 4 heteroatoms. The molecule has 1 heterocycles. The number of aromatic nitrogens is 1. The molecule has 0 aliphatic carbocycles. The fourth-order valence-corrected chi connectivity index (χ4v) is 1.75. The number of ketones is 1. The molecular formula is C8H12N2OS. The summed E-state index contributed by atoms with van der Waals surface area (Å²) in [4.78, 5) is 17.8. The van der Waals surface area contributed by atoms with E-state index in [1.165, 1.54) is 11.3 Å². The van der Waals surface area contributed by atoms with Crippen molar-refractivity contribution in [1.29, 1.82) is 0 Å². The summed E-state index contributed by atoms with van der Waals surface area (Å²) >= 11 is 1.47. The fourth-order valence-electron chi connectivity index (χ4n) is 0.817. The molecule has 0 N–H and O–H groups in total. The van der Waals surface area contributed by atoms with Crippen LogP contribution in [0.5, 0.6) is 0 Å². The van der Waals surface area contributed by atoms with Gasteiger partial charge in [-0.3, -0.25) is 4.79 Å². The van der Waals surface area contributed by atoms with Gasteiger partial charge in [-0.05, 0) is 14.1 Å². The van der Waals surface area contributed by atoms with Crippen LogP contribution in [0.15, 0.2) is 6.20 Å². The lowest BCUT2D eigenvalue weighted by molar-refractivity contribution is 0.102. The van der Waals surface area contributed by atoms with Crippen LogP contribution in [-0.2, 0) is 6.54 Å². The van der Waals surface area contributed by atoms with E-state index in [0.29, 0.717) is 0 Å². The minimum Gasteiger partial charge on any atom is -0.303 e. The maximum atomic E-state index is 10.9. The third-order valence-electron chi connectivity index (χ3n) is 1.35. The Morgan fingerprint density at radius 3 is 2.75 bits per heavy atom. The minimum absolute atomic E-state index is 0.0949. The van der Waals surface area contributed by atoms with Gasteiger partial charge in [-0.1, -0.05) is 0 Å². The van der Waals surface area contributed by atoms with Crippen LogP contribution in [0.4, 0.5) is 0 Å². The van der Waals surface area contributed by atoms with Crippen molar-refractivity contribution in [2.75, 3.05) is 14.1 Å². The topological polar surface area (TPSA) is 33.2 Å². The molecule has 0 aliphatic rings. The van der Waals surface area contributed by atoms with Crippen molar-refractivity contribution in [3.8, 4) is 0 Å². The smallest absolute Gasteiger partial charge is 0.171 e. The standard InChI is InChI=1S/C8H12N2OS/c1-6(11)7-4-9-8(12-7)5-10(2)3/h4H,5H2,1-3H3. The van der Waals surface area contributed by atoms with Crippen LogP contribution in [0.3, 0.4) is 0 Å². The molecule has 0 amide bonds. The first-order chi connectivity index (χ1) is 5.59. The highest BCUT2D eigenvalue weighted by Crippen LogP contribution is 2.14. The molecule has 3 nitrogen and oxygen atoms in total. The normalized spacial score (nSPS) is 10.7. The van der Waals surface area contributed by atoms with Crippen LogP contribution in [0.1, 0.15) is 21.6 Å². The zero-order valence-corrected chi connectivity index (χ0v) is 8.31. The van der Waals surface area contributed by atoms with Gasteiger partial charge in [-0.25, -0.2) is 4.98 Å². The number of carbonyl (C=O) groups excluding carboxylic acids is 1. The van der Waals surface area contributed by atoms with Crippen molar-refractivity contribution in [2.45, 2.75) is 13.5 Å². The van der Waals surface area contributed by atoms with Gasteiger partial charge in [0.1, 0.15) is 5.01 Å². The minimum atomic E-state index is 0.0949. The Morgan fingerprint density at radius 2 is 2.33 bits per heavy atom. The van der Waals surface area contributed by atoms with Gasteiger partial charge in [0.05, 0.1) is 4.88 Å². The van der Waals surface area contributed by atoms with E-state index in [2.05, 4.69) is 4.98 Å². The average Bonchev–Trinajstić information content (AvgIpc) is 2.34. The zero-order valence-electron chi connectivity index (χ0n) is 7.50. The van der Waals surface area contributed by atoms with Gasteiger partial charge in [0, 0.05) is 19.7 Å². The first kappa shape index (κ1) is 9.35. The van der Waals surface area contributed by atoms with E-state index in [0.717, 1.165) is 16.4 Å². The van der Waals surface area contributed by atoms with Crippen LogP contribution in [0.2, 0.25) is 0 Å².